The van der Waals surface area contributed by atoms with Crippen molar-refractivity contribution >= 4 is 6.09 Å². The van der Waals surface area contributed by atoms with Crippen molar-refractivity contribution < 1.29 is 22.7 Å². The minimum absolute atomic E-state index is 0.0538. The maximum Gasteiger partial charge on any atom is 0.432 e. The lowest BCUT2D eigenvalue weighted by Gasteiger charge is -2.27. The van der Waals surface area contributed by atoms with Gasteiger partial charge < -0.3 is 15.0 Å². The van der Waals surface area contributed by atoms with Crippen LogP contribution in [0.3, 0.4) is 0 Å². The highest BCUT2D eigenvalue weighted by Gasteiger charge is 2.35. The number of hydrogen-bond donors (Lipinski definition) is 2. The van der Waals surface area contributed by atoms with Gasteiger partial charge in [0.15, 0.2) is 0 Å². The van der Waals surface area contributed by atoms with E-state index in [1.54, 1.807) is 20.8 Å². The van der Waals surface area contributed by atoms with Crippen molar-refractivity contribution in [3.63, 3.8) is 0 Å². The summed E-state index contributed by atoms with van der Waals surface area (Å²) < 4.78 is 43.3. The third-order valence-corrected chi connectivity index (χ3v) is 2.74. The van der Waals surface area contributed by atoms with Crippen molar-refractivity contribution in [1.29, 1.82) is 0 Å². The van der Waals surface area contributed by atoms with Gasteiger partial charge in [0.25, 0.3) is 0 Å². The van der Waals surface area contributed by atoms with Gasteiger partial charge in [-0.1, -0.05) is 20.8 Å². The fourth-order valence-corrected chi connectivity index (χ4v) is 1.94. The molecule has 1 unspecified atom stereocenters. The standard InChI is InChI=1S/C15H24F3N3O2/c1-13(2,3)7-9(20-12(22)23-14(4,5)6)11-19-8-10(21-11)15(16,17)18/h8-9H,7H2,1-6H3,(H,19,21)(H,20,22). The summed E-state index contributed by atoms with van der Waals surface area (Å²) in [4.78, 5) is 17.9. The first-order chi connectivity index (χ1) is 10.2. The minimum atomic E-state index is -4.51. The average Bonchev–Trinajstić information content (AvgIpc) is 2.71. The summed E-state index contributed by atoms with van der Waals surface area (Å²) in [5, 5.41) is 2.59. The quantitative estimate of drug-likeness (QED) is 0.858. The Morgan fingerprint density at radius 3 is 2.22 bits per heavy atom. The first kappa shape index (κ1) is 19.3. The number of rotatable bonds is 3. The van der Waals surface area contributed by atoms with Crippen molar-refractivity contribution in [2.75, 3.05) is 0 Å². The zero-order valence-electron chi connectivity index (χ0n) is 14.3. The van der Waals surface area contributed by atoms with Crippen LogP contribution in [0.15, 0.2) is 6.20 Å². The first-order valence-corrected chi connectivity index (χ1v) is 7.29. The van der Waals surface area contributed by atoms with Crippen LogP contribution in [0, 0.1) is 5.41 Å². The lowest BCUT2D eigenvalue weighted by Crippen LogP contribution is -2.36. The molecule has 0 radical (unpaired) electrons. The van der Waals surface area contributed by atoms with Gasteiger partial charge in [-0.2, -0.15) is 13.2 Å². The van der Waals surface area contributed by atoms with Gasteiger partial charge in [0.2, 0.25) is 0 Å². The Kier molecular flexibility index (Phi) is 5.38. The molecule has 23 heavy (non-hydrogen) atoms. The summed E-state index contributed by atoms with van der Waals surface area (Å²) in [6.45, 7) is 10.9. The summed E-state index contributed by atoms with van der Waals surface area (Å²) in [7, 11) is 0. The molecule has 1 amide bonds. The fraction of sp³-hybridized carbons (Fsp3) is 0.733. The Morgan fingerprint density at radius 1 is 1.26 bits per heavy atom. The average molecular weight is 335 g/mol. The number of carbonyl (C=O) groups excluding carboxylic acids is 1. The molecule has 1 heterocycles. The zero-order chi connectivity index (χ0) is 18.1. The molecule has 0 bridgehead atoms. The number of carbonyl (C=O) groups is 1. The van der Waals surface area contributed by atoms with E-state index in [1.807, 2.05) is 20.8 Å². The molecular formula is C15H24F3N3O2. The van der Waals surface area contributed by atoms with Crippen molar-refractivity contribution in [3.8, 4) is 0 Å². The van der Waals surface area contributed by atoms with E-state index in [1.165, 1.54) is 0 Å². The molecule has 0 aliphatic rings. The Labute approximate surface area is 134 Å². The monoisotopic (exact) mass is 335 g/mol. The van der Waals surface area contributed by atoms with Crippen molar-refractivity contribution in [2.24, 2.45) is 5.41 Å². The van der Waals surface area contributed by atoms with Crippen LogP contribution in [0.2, 0.25) is 0 Å². The summed E-state index contributed by atoms with van der Waals surface area (Å²) in [6.07, 6.45) is -4.08. The normalized spacial score (nSPS) is 14.5. The highest BCUT2D eigenvalue weighted by atomic mass is 19.4. The Morgan fingerprint density at radius 2 is 1.83 bits per heavy atom. The number of aromatic amines is 1. The number of amides is 1. The number of halogens is 3. The molecule has 0 spiro atoms. The van der Waals surface area contributed by atoms with Crippen LogP contribution in [0.5, 0.6) is 0 Å². The lowest BCUT2D eigenvalue weighted by molar-refractivity contribution is -0.141. The van der Waals surface area contributed by atoms with Crippen LogP contribution in [0.25, 0.3) is 0 Å². The summed E-state index contributed by atoms with van der Waals surface area (Å²) in [5.74, 6) is 0.0538. The van der Waals surface area contributed by atoms with Gasteiger partial charge in [-0.25, -0.2) is 9.78 Å². The second kappa shape index (κ2) is 6.41. The van der Waals surface area contributed by atoms with Gasteiger partial charge in [0.05, 0.1) is 12.2 Å². The summed E-state index contributed by atoms with van der Waals surface area (Å²) in [6, 6.07) is -0.707. The predicted octanol–water partition coefficient (Wildman–Crippen LogP) is 4.43. The first-order valence-electron chi connectivity index (χ1n) is 7.29. The van der Waals surface area contributed by atoms with Crippen LogP contribution >= 0.6 is 0 Å². The van der Waals surface area contributed by atoms with E-state index in [-0.39, 0.29) is 11.2 Å². The smallest absolute Gasteiger partial charge is 0.432 e. The van der Waals surface area contributed by atoms with Crippen molar-refractivity contribution in [2.45, 2.75) is 65.8 Å². The molecule has 1 aromatic heterocycles. The third-order valence-electron chi connectivity index (χ3n) is 2.74. The van der Waals surface area contributed by atoms with E-state index in [2.05, 4.69) is 15.3 Å². The fourth-order valence-electron chi connectivity index (χ4n) is 1.94. The molecule has 8 heteroatoms. The van der Waals surface area contributed by atoms with Crippen LogP contribution in [-0.2, 0) is 10.9 Å². The van der Waals surface area contributed by atoms with Gasteiger partial charge in [-0.15, -0.1) is 0 Å². The van der Waals surface area contributed by atoms with Gasteiger partial charge >= 0.3 is 12.3 Å². The number of alkyl halides is 3. The molecule has 5 nitrogen and oxygen atoms in total. The molecule has 1 aromatic rings. The highest BCUT2D eigenvalue weighted by molar-refractivity contribution is 5.68. The molecule has 0 aromatic carbocycles. The van der Waals surface area contributed by atoms with E-state index in [0.717, 1.165) is 6.20 Å². The number of aromatic nitrogens is 2. The second-order valence-corrected chi connectivity index (χ2v) is 7.64. The predicted molar refractivity (Wildman–Crippen MR) is 79.8 cm³/mol. The summed E-state index contributed by atoms with van der Waals surface area (Å²) in [5.41, 5.74) is -1.88. The van der Waals surface area contributed by atoms with Gasteiger partial charge in [0, 0.05) is 0 Å². The van der Waals surface area contributed by atoms with Crippen LogP contribution in [-0.4, -0.2) is 21.7 Å². The molecule has 1 atom stereocenters. The number of hydrogen-bond acceptors (Lipinski definition) is 3. The molecule has 1 rings (SSSR count). The van der Waals surface area contributed by atoms with Crippen LogP contribution in [0.1, 0.15) is 65.5 Å². The molecule has 2 N–H and O–H groups in total. The Balaban J connectivity index is 2.97. The third kappa shape index (κ3) is 6.92. The molecule has 0 saturated carbocycles. The molecular weight excluding hydrogens is 311 g/mol. The zero-order valence-corrected chi connectivity index (χ0v) is 14.3. The second-order valence-electron chi connectivity index (χ2n) is 7.64. The van der Waals surface area contributed by atoms with E-state index in [4.69, 9.17) is 4.74 Å². The number of H-pyrrole nitrogens is 1. The largest absolute Gasteiger partial charge is 0.444 e. The molecule has 0 aliphatic heterocycles. The number of imidazole rings is 1. The maximum atomic E-state index is 12.7. The number of ether oxygens (including phenoxy) is 1. The Bertz CT molecular complexity index is 539. The van der Waals surface area contributed by atoms with E-state index >= 15 is 0 Å². The molecule has 132 valence electrons. The molecule has 0 aliphatic carbocycles. The van der Waals surface area contributed by atoms with Gasteiger partial charge in [-0.05, 0) is 32.6 Å². The van der Waals surface area contributed by atoms with Crippen LogP contribution in [0.4, 0.5) is 18.0 Å². The van der Waals surface area contributed by atoms with Gasteiger partial charge in [-0.3, -0.25) is 0 Å². The van der Waals surface area contributed by atoms with Crippen molar-refractivity contribution in [1.82, 2.24) is 15.3 Å². The number of nitrogens with zero attached hydrogens (tertiary/aromatic N) is 1. The topological polar surface area (TPSA) is 67.0 Å². The van der Waals surface area contributed by atoms with Crippen LogP contribution < -0.4 is 5.32 Å². The SMILES string of the molecule is CC(C)(C)CC(NC(=O)OC(C)(C)C)c1ncc(C(F)(F)F)[nH]1. The number of nitrogens with one attached hydrogen (secondary N) is 2. The molecule has 0 saturated heterocycles. The van der Waals surface area contributed by atoms with E-state index in [9.17, 15) is 18.0 Å². The Hall–Kier alpha value is -1.73. The van der Waals surface area contributed by atoms with E-state index in [0.29, 0.717) is 6.42 Å². The molecule has 0 fully saturated rings. The maximum absolute atomic E-state index is 12.7. The van der Waals surface area contributed by atoms with E-state index < -0.39 is 29.6 Å². The highest BCUT2D eigenvalue weighted by Crippen LogP contribution is 2.32. The minimum Gasteiger partial charge on any atom is -0.444 e. The van der Waals surface area contributed by atoms with Crippen molar-refractivity contribution in [3.05, 3.63) is 17.7 Å². The number of alkyl carbamates (subject to hydrolysis) is 1. The summed E-state index contributed by atoms with van der Waals surface area (Å²) >= 11 is 0. The van der Waals surface area contributed by atoms with Gasteiger partial charge in [0.1, 0.15) is 17.1 Å². The lowest BCUT2D eigenvalue weighted by atomic mass is 9.88.